The van der Waals surface area contributed by atoms with Crippen LogP contribution in [-0.4, -0.2) is 6.04 Å². The van der Waals surface area contributed by atoms with Crippen LogP contribution in [0.4, 0.5) is 13.2 Å². The number of ether oxygens (including phenoxy) is 1. The molecule has 0 saturated carbocycles. The lowest BCUT2D eigenvalue weighted by Crippen LogP contribution is -2.29. The third-order valence-corrected chi connectivity index (χ3v) is 2.82. The van der Waals surface area contributed by atoms with Gasteiger partial charge in [0.15, 0.2) is 11.6 Å². The Morgan fingerprint density at radius 3 is 2.15 bits per heavy atom. The van der Waals surface area contributed by atoms with Gasteiger partial charge in [-0.1, -0.05) is 12.1 Å². The van der Waals surface area contributed by atoms with Crippen molar-refractivity contribution in [1.82, 2.24) is 0 Å². The summed E-state index contributed by atoms with van der Waals surface area (Å²) in [7, 11) is 0. The number of rotatable bonds is 4. The monoisotopic (exact) mass is 281 g/mol. The lowest BCUT2D eigenvalue weighted by molar-refractivity contribution is 0.171. The third kappa shape index (κ3) is 3.30. The Balaban J connectivity index is 2.30. The highest BCUT2D eigenvalue weighted by molar-refractivity contribution is 5.28. The second kappa shape index (κ2) is 5.96. The molecule has 0 heterocycles. The summed E-state index contributed by atoms with van der Waals surface area (Å²) < 4.78 is 45.1. The van der Waals surface area contributed by atoms with E-state index in [9.17, 15) is 13.2 Å². The van der Waals surface area contributed by atoms with Crippen LogP contribution >= 0.6 is 0 Å². The van der Waals surface area contributed by atoms with Gasteiger partial charge in [0.1, 0.15) is 17.7 Å². The standard InChI is InChI=1S/C15H14F3NO/c1-9(19)15(10-2-4-11(16)5-3-10)20-14-8-12(17)6-7-13(14)18/h2-9,15H,19H2,1H3. The highest BCUT2D eigenvalue weighted by Crippen LogP contribution is 2.27. The first-order chi connectivity index (χ1) is 9.47. The number of benzene rings is 2. The van der Waals surface area contributed by atoms with E-state index in [1.54, 1.807) is 6.92 Å². The molecule has 5 heteroatoms. The number of nitrogens with two attached hydrogens (primary N) is 1. The van der Waals surface area contributed by atoms with Gasteiger partial charge in [0, 0.05) is 12.1 Å². The first-order valence-electron chi connectivity index (χ1n) is 6.10. The van der Waals surface area contributed by atoms with Gasteiger partial charge in [0.05, 0.1) is 0 Å². The maximum atomic E-state index is 13.6. The second-order valence-electron chi connectivity index (χ2n) is 4.52. The van der Waals surface area contributed by atoms with Crippen molar-refractivity contribution < 1.29 is 17.9 Å². The predicted octanol–water partition coefficient (Wildman–Crippen LogP) is 3.57. The molecule has 106 valence electrons. The van der Waals surface area contributed by atoms with Crippen LogP contribution in [0.3, 0.4) is 0 Å². The van der Waals surface area contributed by atoms with Crippen molar-refractivity contribution in [3.63, 3.8) is 0 Å². The van der Waals surface area contributed by atoms with Crippen LogP contribution in [0.25, 0.3) is 0 Å². The zero-order valence-corrected chi connectivity index (χ0v) is 10.8. The summed E-state index contributed by atoms with van der Waals surface area (Å²) in [6.45, 7) is 1.67. The van der Waals surface area contributed by atoms with Gasteiger partial charge in [0.2, 0.25) is 0 Å². The van der Waals surface area contributed by atoms with Crippen molar-refractivity contribution in [2.24, 2.45) is 5.73 Å². The smallest absolute Gasteiger partial charge is 0.165 e. The maximum Gasteiger partial charge on any atom is 0.165 e. The van der Waals surface area contributed by atoms with Gasteiger partial charge in [-0.05, 0) is 36.8 Å². The molecule has 0 aliphatic heterocycles. The van der Waals surface area contributed by atoms with Crippen LogP contribution in [0, 0.1) is 17.5 Å². The van der Waals surface area contributed by atoms with E-state index in [1.807, 2.05) is 0 Å². The quantitative estimate of drug-likeness (QED) is 0.929. The minimum Gasteiger partial charge on any atom is -0.481 e. The SMILES string of the molecule is CC(N)C(Oc1cc(F)ccc1F)c1ccc(F)cc1. The molecule has 20 heavy (non-hydrogen) atoms. The van der Waals surface area contributed by atoms with Crippen LogP contribution in [-0.2, 0) is 0 Å². The number of hydrogen-bond donors (Lipinski definition) is 1. The highest BCUT2D eigenvalue weighted by Gasteiger charge is 2.20. The Kier molecular flexibility index (Phi) is 4.29. The number of halogens is 3. The summed E-state index contributed by atoms with van der Waals surface area (Å²) >= 11 is 0. The largest absolute Gasteiger partial charge is 0.481 e. The summed E-state index contributed by atoms with van der Waals surface area (Å²) in [4.78, 5) is 0. The van der Waals surface area contributed by atoms with Gasteiger partial charge in [-0.15, -0.1) is 0 Å². The van der Waals surface area contributed by atoms with Gasteiger partial charge < -0.3 is 10.5 Å². The third-order valence-electron chi connectivity index (χ3n) is 2.82. The Hall–Kier alpha value is -2.01. The molecule has 2 atom stereocenters. The first kappa shape index (κ1) is 14.4. The number of hydrogen-bond acceptors (Lipinski definition) is 2. The zero-order valence-electron chi connectivity index (χ0n) is 10.8. The van der Waals surface area contributed by atoms with Gasteiger partial charge >= 0.3 is 0 Å². The van der Waals surface area contributed by atoms with E-state index in [1.165, 1.54) is 24.3 Å². The summed E-state index contributed by atoms with van der Waals surface area (Å²) in [6, 6.07) is 7.97. The van der Waals surface area contributed by atoms with E-state index >= 15 is 0 Å². The van der Waals surface area contributed by atoms with E-state index < -0.39 is 29.6 Å². The van der Waals surface area contributed by atoms with Crippen LogP contribution in [0.5, 0.6) is 5.75 Å². The topological polar surface area (TPSA) is 35.2 Å². The molecule has 0 fully saturated rings. The summed E-state index contributed by atoms with van der Waals surface area (Å²) in [6.07, 6.45) is -0.702. The Labute approximate surface area is 115 Å². The highest BCUT2D eigenvalue weighted by atomic mass is 19.1. The summed E-state index contributed by atoms with van der Waals surface area (Å²) in [5.74, 6) is -1.91. The summed E-state index contributed by atoms with van der Waals surface area (Å²) in [5, 5.41) is 0. The van der Waals surface area contributed by atoms with Crippen LogP contribution < -0.4 is 10.5 Å². The van der Waals surface area contributed by atoms with E-state index in [0.29, 0.717) is 5.56 Å². The molecular weight excluding hydrogens is 267 g/mol. The molecular formula is C15H14F3NO. The van der Waals surface area contributed by atoms with Crippen LogP contribution in [0.2, 0.25) is 0 Å². The molecule has 0 saturated heterocycles. The minimum absolute atomic E-state index is 0.225. The average molecular weight is 281 g/mol. The van der Waals surface area contributed by atoms with Crippen molar-refractivity contribution in [2.45, 2.75) is 19.1 Å². The molecule has 0 aliphatic carbocycles. The molecule has 2 aromatic rings. The molecule has 2 N–H and O–H groups in total. The Bertz CT molecular complexity index is 584. The van der Waals surface area contributed by atoms with Gasteiger partial charge in [-0.2, -0.15) is 0 Å². The van der Waals surface area contributed by atoms with Gasteiger partial charge in [-0.3, -0.25) is 0 Å². The molecule has 0 bridgehead atoms. The normalized spacial score (nSPS) is 13.8. The van der Waals surface area contributed by atoms with Crippen molar-refractivity contribution in [1.29, 1.82) is 0 Å². The van der Waals surface area contributed by atoms with Crippen molar-refractivity contribution in [3.05, 3.63) is 65.5 Å². The fourth-order valence-electron chi connectivity index (χ4n) is 1.84. The Morgan fingerprint density at radius 2 is 1.55 bits per heavy atom. The van der Waals surface area contributed by atoms with Gasteiger partial charge in [-0.25, -0.2) is 13.2 Å². The lowest BCUT2D eigenvalue weighted by atomic mass is 10.0. The van der Waals surface area contributed by atoms with E-state index in [2.05, 4.69) is 0 Å². The van der Waals surface area contributed by atoms with Crippen molar-refractivity contribution in [2.75, 3.05) is 0 Å². The molecule has 0 aromatic heterocycles. The van der Waals surface area contributed by atoms with Crippen molar-refractivity contribution in [3.8, 4) is 5.75 Å². The molecule has 0 radical (unpaired) electrons. The Morgan fingerprint density at radius 1 is 0.950 bits per heavy atom. The molecule has 0 spiro atoms. The van der Waals surface area contributed by atoms with E-state index in [-0.39, 0.29) is 5.75 Å². The molecule has 2 rings (SSSR count). The van der Waals surface area contributed by atoms with Gasteiger partial charge in [0.25, 0.3) is 0 Å². The van der Waals surface area contributed by atoms with E-state index in [4.69, 9.17) is 10.5 Å². The van der Waals surface area contributed by atoms with Crippen LogP contribution in [0.15, 0.2) is 42.5 Å². The zero-order chi connectivity index (χ0) is 14.7. The predicted molar refractivity (Wildman–Crippen MR) is 69.8 cm³/mol. The molecule has 2 aromatic carbocycles. The molecule has 0 amide bonds. The summed E-state index contributed by atoms with van der Waals surface area (Å²) in [5.41, 5.74) is 6.40. The minimum atomic E-state index is -0.702. The fraction of sp³-hybridized carbons (Fsp3) is 0.200. The molecule has 0 aliphatic rings. The van der Waals surface area contributed by atoms with Crippen LogP contribution in [0.1, 0.15) is 18.6 Å². The van der Waals surface area contributed by atoms with Crippen molar-refractivity contribution >= 4 is 0 Å². The molecule has 2 unspecified atom stereocenters. The van der Waals surface area contributed by atoms with E-state index in [0.717, 1.165) is 18.2 Å². The maximum absolute atomic E-state index is 13.6. The fourth-order valence-corrected chi connectivity index (χ4v) is 1.84. The molecule has 2 nitrogen and oxygen atoms in total. The second-order valence-corrected chi connectivity index (χ2v) is 4.52. The first-order valence-corrected chi connectivity index (χ1v) is 6.10. The lowest BCUT2D eigenvalue weighted by Gasteiger charge is -2.23. The average Bonchev–Trinajstić information content (AvgIpc) is 2.40.